The highest BCUT2D eigenvalue weighted by Gasteiger charge is 2.40. The van der Waals surface area contributed by atoms with Gasteiger partial charge < -0.3 is 20.1 Å². The van der Waals surface area contributed by atoms with E-state index in [-0.39, 0.29) is 24.3 Å². The second-order valence-corrected chi connectivity index (χ2v) is 5.25. The number of nitrogens with zero attached hydrogens (tertiary/aromatic N) is 1. The van der Waals surface area contributed by atoms with Crippen LogP contribution in [0.1, 0.15) is 25.7 Å². The number of amides is 2. The van der Waals surface area contributed by atoms with Crippen LogP contribution in [0.15, 0.2) is 0 Å². The van der Waals surface area contributed by atoms with Gasteiger partial charge in [0.1, 0.15) is 6.04 Å². The fourth-order valence-corrected chi connectivity index (χ4v) is 2.40. The largest absolute Gasteiger partial charge is 0.467 e. The second-order valence-electron chi connectivity index (χ2n) is 5.25. The Morgan fingerprint density at radius 3 is 2.65 bits per heavy atom. The predicted molar refractivity (Wildman–Crippen MR) is 68.5 cm³/mol. The predicted octanol–water partition coefficient (Wildman–Crippen LogP) is -0.962. The molecule has 1 aliphatic heterocycles. The smallest absolute Gasteiger partial charge is 0.336 e. The molecule has 7 heteroatoms. The molecule has 2 N–H and O–H groups in total. The van der Waals surface area contributed by atoms with Crippen molar-refractivity contribution in [3.8, 4) is 0 Å². The molecular formula is C13H20N2O5. The Morgan fingerprint density at radius 2 is 2.05 bits per heavy atom. The SMILES string of the molecule is COC(=O)C(O)CNC(=O)C1CCCN1C(=O)C1CC1. The molecule has 0 aromatic rings. The van der Waals surface area contributed by atoms with Crippen LogP contribution in [-0.4, -0.2) is 60.1 Å². The van der Waals surface area contributed by atoms with Crippen LogP contribution < -0.4 is 5.32 Å². The summed E-state index contributed by atoms with van der Waals surface area (Å²) in [7, 11) is 1.17. The number of hydrogen-bond acceptors (Lipinski definition) is 5. The lowest BCUT2D eigenvalue weighted by molar-refractivity contribution is -0.150. The number of methoxy groups -OCH3 is 1. The van der Waals surface area contributed by atoms with Gasteiger partial charge in [-0.05, 0) is 25.7 Å². The Morgan fingerprint density at radius 1 is 1.35 bits per heavy atom. The number of esters is 1. The number of ether oxygens (including phenoxy) is 1. The summed E-state index contributed by atoms with van der Waals surface area (Å²) in [6, 6.07) is -0.479. The van der Waals surface area contributed by atoms with Gasteiger partial charge in [-0.15, -0.1) is 0 Å². The van der Waals surface area contributed by atoms with Gasteiger partial charge in [0, 0.05) is 12.5 Å². The van der Waals surface area contributed by atoms with Crippen molar-refractivity contribution >= 4 is 17.8 Å². The maximum Gasteiger partial charge on any atom is 0.336 e. The minimum absolute atomic E-state index is 0.0520. The van der Waals surface area contributed by atoms with Crippen LogP contribution in [0.2, 0.25) is 0 Å². The number of nitrogens with one attached hydrogen (secondary N) is 1. The molecule has 2 unspecified atom stereocenters. The number of aliphatic hydroxyl groups is 1. The fourth-order valence-electron chi connectivity index (χ4n) is 2.40. The highest BCUT2D eigenvalue weighted by molar-refractivity contribution is 5.90. The third kappa shape index (κ3) is 3.27. The molecule has 0 bridgehead atoms. The lowest BCUT2D eigenvalue weighted by Crippen LogP contribution is -2.48. The average Bonchev–Trinajstić information content (AvgIpc) is 3.19. The van der Waals surface area contributed by atoms with Crippen molar-refractivity contribution in [3.63, 3.8) is 0 Å². The summed E-state index contributed by atoms with van der Waals surface area (Å²) >= 11 is 0. The number of hydrogen-bond donors (Lipinski definition) is 2. The van der Waals surface area contributed by atoms with E-state index in [9.17, 15) is 19.5 Å². The monoisotopic (exact) mass is 284 g/mol. The average molecular weight is 284 g/mol. The molecule has 1 aliphatic carbocycles. The van der Waals surface area contributed by atoms with E-state index in [4.69, 9.17) is 0 Å². The van der Waals surface area contributed by atoms with Crippen LogP contribution >= 0.6 is 0 Å². The van der Waals surface area contributed by atoms with E-state index in [2.05, 4.69) is 10.1 Å². The standard InChI is InChI=1S/C13H20N2O5/c1-20-13(19)10(16)7-14-11(17)9-3-2-6-15(9)12(18)8-4-5-8/h8-10,16H,2-7H2,1H3,(H,14,17). The zero-order valence-electron chi connectivity index (χ0n) is 11.5. The molecule has 0 radical (unpaired) electrons. The molecule has 2 aliphatic rings. The van der Waals surface area contributed by atoms with E-state index in [0.29, 0.717) is 13.0 Å². The maximum atomic E-state index is 12.1. The summed E-state index contributed by atoms with van der Waals surface area (Å²) in [5.74, 6) is -0.970. The summed E-state index contributed by atoms with van der Waals surface area (Å²) in [4.78, 5) is 36.7. The number of carbonyl (C=O) groups is 3. The molecule has 0 aromatic heterocycles. The molecule has 2 rings (SSSR count). The van der Waals surface area contributed by atoms with Gasteiger partial charge in [0.15, 0.2) is 6.10 Å². The van der Waals surface area contributed by atoms with E-state index >= 15 is 0 Å². The second kappa shape index (κ2) is 6.21. The first kappa shape index (κ1) is 14.8. The van der Waals surface area contributed by atoms with E-state index in [0.717, 1.165) is 19.3 Å². The number of aliphatic hydroxyl groups excluding tert-OH is 1. The molecule has 112 valence electrons. The third-order valence-electron chi connectivity index (χ3n) is 3.71. The molecule has 0 spiro atoms. The topological polar surface area (TPSA) is 95.9 Å². The molecule has 2 atom stereocenters. The Labute approximate surface area is 117 Å². The van der Waals surface area contributed by atoms with Gasteiger partial charge in [-0.3, -0.25) is 9.59 Å². The van der Waals surface area contributed by atoms with Crippen LogP contribution in [0, 0.1) is 5.92 Å². The van der Waals surface area contributed by atoms with Crippen LogP contribution in [0.5, 0.6) is 0 Å². The summed E-state index contributed by atoms with van der Waals surface area (Å²) < 4.78 is 4.36. The van der Waals surface area contributed by atoms with Gasteiger partial charge in [-0.1, -0.05) is 0 Å². The normalized spacial score (nSPS) is 23.3. The summed E-state index contributed by atoms with van der Waals surface area (Å²) in [6.07, 6.45) is 1.86. The Kier molecular flexibility index (Phi) is 4.59. The highest BCUT2D eigenvalue weighted by atomic mass is 16.5. The van der Waals surface area contributed by atoms with Gasteiger partial charge in [0.2, 0.25) is 11.8 Å². The van der Waals surface area contributed by atoms with Crippen LogP contribution in [0.3, 0.4) is 0 Å². The Bertz CT molecular complexity index is 408. The number of rotatable bonds is 5. The first-order valence-electron chi connectivity index (χ1n) is 6.88. The minimum atomic E-state index is -1.38. The molecular weight excluding hydrogens is 264 g/mol. The molecule has 0 aromatic carbocycles. The molecule has 2 amide bonds. The zero-order valence-corrected chi connectivity index (χ0v) is 11.5. The first-order valence-corrected chi connectivity index (χ1v) is 6.88. The Balaban J connectivity index is 1.84. The van der Waals surface area contributed by atoms with Gasteiger partial charge in [-0.2, -0.15) is 0 Å². The van der Waals surface area contributed by atoms with Crippen molar-refractivity contribution in [2.45, 2.75) is 37.8 Å². The molecule has 2 fully saturated rings. The van der Waals surface area contributed by atoms with E-state index < -0.39 is 18.1 Å². The highest BCUT2D eigenvalue weighted by Crippen LogP contribution is 2.33. The quantitative estimate of drug-likeness (QED) is 0.634. The van der Waals surface area contributed by atoms with Gasteiger partial charge in [-0.25, -0.2) is 4.79 Å². The lowest BCUT2D eigenvalue weighted by Gasteiger charge is -2.24. The summed E-state index contributed by atoms with van der Waals surface area (Å²) in [5, 5.41) is 11.9. The molecule has 1 heterocycles. The molecule has 20 heavy (non-hydrogen) atoms. The first-order chi connectivity index (χ1) is 9.54. The van der Waals surface area contributed by atoms with Crippen LogP contribution in [-0.2, 0) is 19.1 Å². The summed E-state index contributed by atoms with van der Waals surface area (Å²) in [5.41, 5.74) is 0. The maximum absolute atomic E-state index is 12.1. The summed E-state index contributed by atoms with van der Waals surface area (Å²) in [6.45, 7) is 0.403. The van der Waals surface area contributed by atoms with Crippen LogP contribution in [0.25, 0.3) is 0 Å². The number of carbonyl (C=O) groups excluding carboxylic acids is 3. The van der Waals surface area contributed by atoms with E-state index in [1.165, 1.54) is 7.11 Å². The van der Waals surface area contributed by atoms with Crippen LogP contribution in [0.4, 0.5) is 0 Å². The van der Waals surface area contributed by atoms with Gasteiger partial charge in [0.05, 0.1) is 13.7 Å². The van der Waals surface area contributed by atoms with Gasteiger partial charge in [0.25, 0.3) is 0 Å². The minimum Gasteiger partial charge on any atom is -0.467 e. The molecule has 1 saturated heterocycles. The van der Waals surface area contributed by atoms with Crippen molar-refractivity contribution in [1.82, 2.24) is 10.2 Å². The third-order valence-corrected chi connectivity index (χ3v) is 3.71. The molecule has 1 saturated carbocycles. The van der Waals surface area contributed by atoms with Crippen molar-refractivity contribution in [2.75, 3.05) is 20.2 Å². The van der Waals surface area contributed by atoms with E-state index in [1.807, 2.05) is 0 Å². The lowest BCUT2D eigenvalue weighted by atomic mass is 10.2. The van der Waals surface area contributed by atoms with E-state index in [1.54, 1.807) is 4.90 Å². The number of likely N-dealkylation sites (tertiary alicyclic amines) is 1. The van der Waals surface area contributed by atoms with Gasteiger partial charge >= 0.3 is 5.97 Å². The fraction of sp³-hybridized carbons (Fsp3) is 0.769. The molecule has 7 nitrogen and oxygen atoms in total. The van der Waals surface area contributed by atoms with Crippen molar-refractivity contribution in [3.05, 3.63) is 0 Å². The van der Waals surface area contributed by atoms with Crippen molar-refractivity contribution in [2.24, 2.45) is 5.92 Å². The Hall–Kier alpha value is -1.63. The van der Waals surface area contributed by atoms with Crippen molar-refractivity contribution in [1.29, 1.82) is 0 Å². The zero-order chi connectivity index (χ0) is 14.7. The van der Waals surface area contributed by atoms with Crippen molar-refractivity contribution < 1.29 is 24.2 Å².